The molecule has 0 spiro atoms. The van der Waals surface area contributed by atoms with Crippen LogP contribution in [0.25, 0.3) is 0 Å². The number of carbonyl (C=O) groups excluding carboxylic acids is 2. The highest BCUT2D eigenvalue weighted by Gasteiger charge is 2.40. The minimum absolute atomic E-state index is 0. The minimum Gasteiger partial charge on any atom is -0.412 e. The van der Waals surface area contributed by atoms with E-state index in [1.54, 1.807) is 0 Å². The first-order chi connectivity index (χ1) is 6.95. The Balaban J connectivity index is 0.00000128. The summed E-state index contributed by atoms with van der Waals surface area (Å²) >= 11 is 0. The average Bonchev–Trinajstić information content (AvgIpc) is 2.47. The van der Waals surface area contributed by atoms with E-state index >= 15 is 0 Å². The molecule has 1 aromatic rings. The van der Waals surface area contributed by atoms with E-state index in [4.69, 9.17) is 0 Å². The van der Waals surface area contributed by atoms with Crippen LogP contribution in [0, 0.1) is 23.3 Å². The van der Waals surface area contributed by atoms with Gasteiger partial charge in [-0.15, -0.1) is 0 Å². The summed E-state index contributed by atoms with van der Waals surface area (Å²) in [5.41, 5.74) is -2.42. The van der Waals surface area contributed by atoms with Crippen molar-refractivity contribution in [1.29, 1.82) is 0 Å². The second-order valence-corrected chi connectivity index (χ2v) is 2.68. The van der Waals surface area contributed by atoms with Gasteiger partial charge in [-0.1, -0.05) is 0 Å². The first kappa shape index (κ1) is 12.1. The molecule has 1 heterocycles. The van der Waals surface area contributed by atoms with Crippen molar-refractivity contribution >= 4 is 11.9 Å². The normalized spacial score (nSPS) is 13.2. The Labute approximate surface area is 84.7 Å². The molecular formula is C8H2F4O4. The molecule has 2 N–H and O–H groups in total. The van der Waals surface area contributed by atoms with E-state index in [2.05, 4.69) is 4.74 Å². The predicted octanol–water partition coefficient (Wildman–Crippen LogP) is 0.729. The average molecular weight is 238 g/mol. The number of hydrogen-bond donors (Lipinski definition) is 0. The predicted molar refractivity (Wildman–Crippen MR) is 39.6 cm³/mol. The maximum absolute atomic E-state index is 12.9. The van der Waals surface area contributed by atoms with Crippen LogP contribution in [0.5, 0.6) is 0 Å². The second kappa shape index (κ2) is 3.56. The van der Waals surface area contributed by atoms with Crippen molar-refractivity contribution in [2.45, 2.75) is 0 Å². The molecule has 4 nitrogen and oxygen atoms in total. The second-order valence-electron chi connectivity index (χ2n) is 2.68. The van der Waals surface area contributed by atoms with Crippen molar-refractivity contribution in [1.82, 2.24) is 0 Å². The molecule has 0 aromatic heterocycles. The van der Waals surface area contributed by atoms with Crippen molar-refractivity contribution in [3.05, 3.63) is 34.4 Å². The molecule has 0 bridgehead atoms. The van der Waals surface area contributed by atoms with E-state index in [-0.39, 0.29) is 5.48 Å². The maximum Gasteiger partial charge on any atom is 0.350 e. The SMILES string of the molecule is O.O=C1OC(=O)c2c(F)c(F)c(F)c(F)c21. The Kier molecular flexibility index (Phi) is 2.70. The lowest BCUT2D eigenvalue weighted by molar-refractivity contribution is 0.0440. The highest BCUT2D eigenvalue weighted by Crippen LogP contribution is 2.29. The molecule has 1 aromatic carbocycles. The highest BCUT2D eigenvalue weighted by molar-refractivity contribution is 6.15. The quantitative estimate of drug-likeness (QED) is 0.220. The molecule has 0 aliphatic carbocycles. The largest absolute Gasteiger partial charge is 0.412 e. The number of carbonyl (C=O) groups is 2. The molecule has 0 radical (unpaired) electrons. The van der Waals surface area contributed by atoms with Crippen LogP contribution in [0.3, 0.4) is 0 Å². The molecule has 0 saturated heterocycles. The van der Waals surface area contributed by atoms with Gasteiger partial charge in [0.05, 0.1) is 0 Å². The van der Waals surface area contributed by atoms with Gasteiger partial charge in [0.1, 0.15) is 11.1 Å². The summed E-state index contributed by atoms with van der Waals surface area (Å²) in [7, 11) is 0. The van der Waals surface area contributed by atoms with Crippen molar-refractivity contribution in [3.63, 3.8) is 0 Å². The number of esters is 2. The minimum atomic E-state index is -2.15. The van der Waals surface area contributed by atoms with Gasteiger partial charge >= 0.3 is 11.9 Å². The van der Waals surface area contributed by atoms with Gasteiger partial charge in [-0.05, 0) is 0 Å². The van der Waals surface area contributed by atoms with E-state index in [0.29, 0.717) is 0 Å². The fourth-order valence-electron chi connectivity index (χ4n) is 1.20. The van der Waals surface area contributed by atoms with Crippen LogP contribution >= 0.6 is 0 Å². The number of halogens is 4. The summed E-state index contributed by atoms with van der Waals surface area (Å²) in [6, 6.07) is 0. The summed E-state index contributed by atoms with van der Waals surface area (Å²) in [6.45, 7) is 0. The van der Waals surface area contributed by atoms with Gasteiger partial charge in [-0.2, -0.15) is 0 Å². The lowest BCUT2D eigenvalue weighted by Gasteiger charge is -2.00. The van der Waals surface area contributed by atoms with Crippen molar-refractivity contribution < 1.29 is 37.4 Å². The Morgan fingerprint density at radius 2 is 1.00 bits per heavy atom. The van der Waals surface area contributed by atoms with E-state index in [1.807, 2.05) is 0 Å². The fourth-order valence-corrected chi connectivity index (χ4v) is 1.20. The molecule has 1 aliphatic rings. The Bertz CT molecular complexity index is 466. The third-order valence-electron chi connectivity index (χ3n) is 1.86. The van der Waals surface area contributed by atoms with E-state index in [0.717, 1.165) is 0 Å². The molecule has 16 heavy (non-hydrogen) atoms. The van der Waals surface area contributed by atoms with Crippen LogP contribution in [0.15, 0.2) is 0 Å². The molecule has 0 saturated carbocycles. The van der Waals surface area contributed by atoms with Crippen LogP contribution in [-0.2, 0) is 4.74 Å². The summed E-state index contributed by atoms with van der Waals surface area (Å²) in [4.78, 5) is 21.5. The fraction of sp³-hybridized carbons (Fsp3) is 0. The smallest absolute Gasteiger partial charge is 0.350 e. The molecule has 0 fully saturated rings. The van der Waals surface area contributed by atoms with Gasteiger partial charge < -0.3 is 10.2 Å². The summed E-state index contributed by atoms with van der Waals surface area (Å²) in [5, 5.41) is 0. The zero-order valence-electron chi connectivity index (χ0n) is 7.24. The van der Waals surface area contributed by atoms with E-state index in [9.17, 15) is 27.2 Å². The lowest BCUT2D eigenvalue weighted by atomic mass is 10.1. The van der Waals surface area contributed by atoms with Gasteiger partial charge in [0.15, 0.2) is 23.3 Å². The lowest BCUT2D eigenvalue weighted by Crippen LogP contribution is -2.07. The van der Waals surface area contributed by atoms with Gasteiger partial charge in [-0.3, -0.25) is 0 Å². The Hall–Kier alpha value is -1.96. The summed E-state index contributed by atoms with van der Waals surface area (Å²) < 4.78 is 55.0. The van der Waals surface area contributed by atoms with Crippen molar-refractivity contribution in [2.75, 3.05) is 0 Å². The van der Waals surface area contributed by atoms with Gasteiger partial charge in [0.25, 0.3) is 0 Å². The summed E-state index contributed by atoms with van der Waals surface area (Å²) in [6.07, 6.45) is 0. The van der Waals surface area contributed by atoms with Gasteiger partial charge in [-0.25, -0.2) is 27.2 Å². The molecule has 0 atom stereocenters. The number of benzene rings is 1. The number of rotatable bonds is 0. The maximum atomic E-state index is 12.9. The highest BCUT2D eigenvalue weighted by atomic mass is 19.2. The molecule has 1 aliphatic heterocycles. The Morgan fingerprint density at radius 1 is 0.688 bits per heavy atom. The summed E-state index contributed by atoms with van der Waals surface area (Å²) in [5.74, 6) is -11.2. The van der Waals surface area contributed by atoms with Crippen molar-refractivity contribution in [3.8, 4) is 0 Å². The number of fused-ring (bicyclic) bond motifs is 1. The number of ether oxygens (including phenoxy) is 1. The monoisotopic (exact) mass is 238 g/mol. The molecule has 2 rings (SSSR count). The van der Waals surface area contributed by atoms with Crippen LogP contribution in [0.2, 0.25) is 0 Å². The zero-order valence-corrected chi connectivity index (χ0v) is 7.24. The number of hydrogen-bond acceptors (Lipinski definition) is 3. The van der Waals surface area contributed by atoms with Crippen LogP contribution in [0.4, 0.5) is 17.6 Å². The number of cyclic esters (lactones) is 2. The zero-order chi connectivity index (χ0) is 11.3. The van der Waals surface area contributed by atoms with Gasteiger partial charge in [0, 0.05) is 0 Å². The van der Waals surface area contributed by atoms with E-state index in [1.165, 1.54) is 0 Å². The molecule has 0 unspecified atom stereocenters. The van der Waals surface area contributed by atoms with Crippen LogP contribution in [-0.4, -0.2) is 17.4 Å². The van der Waals surface area contributed by atoms with E-state index < -0.39 is 46.3 Å². The third-order valence-corrected chi connectivity index (χ3v) is 1.86. The molecular weight excluding hydrogens is 236 g/mol. The first-order valence-corrected chi connectivity index (χ1v) is 3.57. The van der Waals surface area contributed by atoms with Gasteiger partial charge in [0.2, 0.25) is 0 Å². The standard InChI is InChI=1S/C8F4O3.H2O/c9-3-1-2(8(14)15-7(1)13)4(10)6(12)5(3)11;/h;1H2. The molecule has 8 heteroatoms. The van der Waals surface area contributed by atoms with Crippen LogP contribution in [0.1, 0.15) is 20.7 Å². The van der Waals surface area contributed by atoms with Crippen molar-refractivity contribution in [2.24, 2.45) is 0 Å². The Morgan fingerprint density at radius 3 is 1.31 bits per heavy atom. The third kappa shape index (κ3) is 1.27. The topological polar surface area (TPSA) is 74.9 Å². The first-order valence-electron chi connectivity index (χ1n) is 3.57. The van der Waals surface area contributed by atoms with Crippen LogP contribution < -0.4 is 0 Å². The molecule has 0 amide bonds. The molecule has 86 valence electrons.